The molecule has 1 aliphatic heterocycles. The summed E-state index contributed by atoms with van der Waals surface area (Å²) in [5, 5.41) is 5.64. The van der Waals surface area contributed by atoms with Gasteiger partial charge < -0.3 is 10.1 Å². The van der Waals surface area contributed by atoms with Crippen molar-refractivity contribution in [1.29, 1.82) is 0 Å². The Balaban J connectivity index is 1.68. The van der Waals surface area contributed by atoms with Gasteiger partial charge in [0.2, 0.25) is 0 Å². The first-order valence-corrected chi connectivity index (χ1v) is 7.18. The molecule has 2 heterocycles. The number of benzene rings is 1. The van der Waals surface area contributed by atoms with E-state index in [0.717, 1.165) is 23.4 Å². The summed E-state index contributed by atoms with van der Waals surface area (Å²) in [6.45, 7) is 1.62. The lowest BCUT2D eigenvalue weighted by molar-refractivity contribution is 0.311. The molecule has 1 aliphatic rings. The Morgan fingerprint density at radius 1 is 1.41 bits per heavy atom. The first-order chi connectivity index (χ1) is 8.33. The molecular weight excluding hydrogens is 298 g/mol. The molecule has 3 rings (SSSR count). The zero-order chi connectivity index (χ0) is 11.7. The van der Waals surface area contributed by atoms with Crippen molar-refractivity contribution in [2.75, 3.05) is 6.61 Å². The fourth-order valence-corrected chi connectivity index (χ4v) is 3.40. The van der Waals surface area contributed by atoms with Crippen molar-refractivity contribution >= 4 is 27.3 Å². The van der Waals surface area contributed by atoms with E-state index in [1.807, 2.05) is 12.1 Å². The number of ether oxygens (including phenoxy) is 1. The van der Waals surface area contributed by atoms with Crippen LogP contribution in [0, 0.1) is 0 Å². The molecule has 0 saturated carbocycles. The van der Waals surface area contributed by atoms with Crippen molar-refractivity contribution in [2.24, 2.45) is 0 Å². The summed E-state index contributed by atoms with van der Waals surface area (Å²) in [6.07, 6.45) is 0. The van der Waals surface area contributed by atoms with Gasteiger partial charge in [-0.15, -0.1) is 11.3 Å². The van der Waals surface area contributed by atoms with E-state index in [1.165, 1.54) is 10.4 Å². The minimum Gasteiger partial charge on any atom is -0.491 e. The molecule has 17 heavy (non-hydrogen) atoms. The highest BCUT2D eigenvalue weighted by Crippen LogP contribution is 2.32. The maximum Gasteiger partial charge on any atom is 0.124 e. The van der Waals surface area contributed by atoms with Gasteiger partial charge in [0.05, 0.1) is 6.04 Å². The number of thiophene rings is 1. The molecule has 0 bridgehead atoms. The number of fused-ring (bicyclic) bond motifs is 1. The molecule has 0 spiro atoms. The predicted molar refractivity (Wildman–Crippen MR) is 73.5 cm³/mol. The van der Waals surface area contributed by atoms with E-state index in [9.17, 15) is 0 Å². The minimum atomic E-state index is 0.312. The molecular formula is C13H12BrNOS. The Morgan fingerprint density at radius 3 is 3.12 bits per heavy atom. The molecule has 1 aromatic heterocycles. The number of nitrogens with one attached hydrogen (secondary N) is 1. The minimum absolute atomic E-state index is 0.312. The number of hydrogen-bond acceptors (Lipinski definition) is 3. The lowest BCUT2D eigenvalue weighted by Gasteiger charge is -2.10. The molecule has 1 aromatic carbocycles. The Bertz CT molecular complexity index is 526. The van der Waals surface area contributed by atoms with Crippen LogP contribution in [0.2, 0.25) is 0 Å². The van der Waals surface area contributed by atoms with Crippen LogP contribution in [0.3, 0.4) is 0 Å². The van der Waals surface area contributed by atoms with E-state index in [-0.39, 0.29) is 0 Å². The third-order valence-corrected chi connectivity index (χ3v) is 4.54. The van der Waals surface area contributed by atoms with E-state index in [1.54, 1.807) is 11.3 Å². The van der Waals surface area contributed by atoms with Crippen molar-refractivity contribution in [3.63, 3.8) is 0 Å². The SMILES string of the molecule is Brc1csc(CNC2COc3ccccc32)c1. The molecule has 0 fully saturated rings. The Morgan fingerprint density at radius 2 is 2.29 bits per heavy atom. The van der Waals surface area contributed by atoms with Gasteiger partial charge in [0.25, 0.3) is 0 Å². The third kappa shape index (κ3) is 2.39. The third-order valence-electron chi connectivity index (χ3n) is 2.84. The normalized spacial score (nSPS) is 17.8. The zero-order valence-electron chi connectivity index (χ0n) is 9.15. The second kappa shape index (κ2) is 4.80. The van der Waals surface area contributed by atoms with Gasteiger partial charge in [0.15, 0.2) is 0 Å². The summed E-state index contributed by atoms with van der Waals surface area (Å²) >= 11 is 5.23. The van der Waals surface area contributed by atoms with E-state index in [0.29, 0.717) is 6.04 Å². The van der Waals surface area contributed by atoms with Crippen molar-refractivity contribution in [3.05, 3.63) is 50.6 Å². The maximum absolute atomic E-state index is 5.64. The first-order valence-electron chi connectivity index (χ1n) is 5.51. The Kier molecular flexibility index (Phi) is 3.18. The largest absolute Gasteiger partial charge is 0.491 e. The second-order valence-electron chi connectivity index (χ2n) is 4.01. The average molecular weight is 310 g/mol. The van der Waals surface area contributed by atoms with E-state index in [4.69, 9.17) is 4.74 Å². The van der Waals surface area contributed by atoms with Crippen LogP contribution in [0.5, 0.6) is 5.75 Å². The highest BCUT2D eigenvalue weighted by atomic mass is 79.9. The number of hydrogen-bond donors (Lipinski definition) is 1. The van der Waals surface area contributed by atoms with Gasteiger partial charge in [-0.05, 0) is 28.1 Å². The summed E-state index contributed by atoms with van der Waals surface area (Å²) in [4.78, 5) is 1.33. The summed E-state index contributed by atoms with van der Waals surface area (Å²) in [7, 11) is 0. The molecule has 0 radical (unpaired) electrons. The molecule has 0 amide bonds. The standard InChI is InChI=1S/C13H12BrNOS/c14-9-5-10(17-8-9)6-15-12-7-16-13-4-2-1-3-11(12)13/h1-5,8,12,15H,6-7H2. The van der Waals surface area contributed by atoms with Crippen molar-refractivity contribution in [2.45, 2.75) is 12.6 Å². The van der Waals surface area contributed by atoms with Gasteiger partial charge in [0, 0.05) is 26.8 Å². The summed E-state index contributed by atoms with van der Waals surface area (Å²) in [5.41, 5.74) is 1.27. The number of para-hydroxylation sites is 1. The number of halogens is 1. The van der Waals surface area contributed by atoms with Gasteiger partial charge in [0.1, 0.15) is 12.4 Å². The van der Waals surface area contributed by atoms with Crippen LogP contribution >= 0.6 is 27.3 Å². The van der Waals surface area contributed by atoms with Gasteiger partial charge >= 0.3 is 0 Å². The van der Waals surface area contributed by atoms with Gasteiger partial charge in [-0.1, -0.05) is 18.2 Å². The molecule has 1 atom stereocenters. The van der Waals surface area contributed by atoms with E-state index < -0.39 is 0 Å². The Hall–Kier alpha value is -0.840. The van der Waals surface area contributed by atoms with Crippen molar-refractivity contribution in [3.8, 4) is 5.75 Å². The molecule has 1 N–H and O–H groups in total. The summed E-state index contributed by atoms with van der Waals surface area (Å²) in [5.74, 6) is 1.01. The van der Waals surface area contributed by atoms with Crippen LogP contribution in [0.15, 0.2) is 40.2 Å². The van der Waals surface area contributed by atoms with Crippen LogP contribution in [0.1, 0.15) is 16.5 Å². The van der Waals surface area contributed by atoms with Crippen molar-refractivity contribution < 1.29 is 4.74 Å². The van der Waals surface area contributed by atoms with Crippen LogP contribution in [0.4, 0.5) is 0 Å². The highest BCUT2D eigenvalue weighted by Gasteiger charge is 2.22. The van der Waals surface area contributed by atoms with Crippen LogP contribution in [0.25, 0.3) is 0 Å². The van der Waals surface area contributed by atoms with E-state index in [2.05, 4.69) is 44.8 Å². The van der Waals surface area contributed by atoms with Gasteiger partial charge in [-0.2, -0.15) is 0 Å². The second-order valence-corrected chi connectivity index (χ2v) is 5.93. The molecule has 0 aliphatic carbocycles. The lowest BCUT2D eigenvalue weighted by atomic mass is 10.1. The fraction of sp³-hybridized carbons (Fsp3) is 0.231. The summed E-state index contributed by atoms with van der Waals surface area (Å²) in [6, 6.07) is 10.7. The smallest absolute Gasteiger partial charge is 0.124 e. The lowest BCUT2D eigenvalue weighted by Crippen LogP contribution is -2.21. The van der Waals surface area contributed by atoms with Crippen molar-refractivity contribution in [1.82, 2.24) is 5.32 Å². The average Bonchev–Trinajstić information content (AvgIpc) is 2.93. The monoisotopic (exact) mass is 309 g/mol. The van der Waals surface area contributed by atoms with Crippen LogP contribution in [-0.4, -0.2) is 6.61 Å². The molecule has 2 aromatic rings. The highest BCUT2D eigenvalue weighted by molar-refractivity contribution is 9.10. The quantitative estimate of drug-likeness (QED) is 0.932. The number of rotatable bonds is 3. The maximum atomic E-state index is 5.64. The molecule has 2 nitrogen and oxygen atoms in total. The topological polar surface area (TPSA) is 21.3 Å². The molecule has 1 unspecified atom stereocenters. The molecule has 88 valence electrons. The van der Waals surface area contributed by atoms with E-state index >= 15 is 0 Å². The van der Waals surface area contributed by atoms with Gasteiger partial charge in [-0.25, -0.2) is 0 Å². The first kappa shape index (κ1) is 11.3. The molecule has 4 heteroatoms. The fourth-order valence-electron chi connectivity index (χ4n) is 2.00. The predicted octanol–water partition coefficient (Wildman–Crippen LogP) is 3.73. The zero-order valence-corrected chi connectivity index (χ0v) is 11.6. The van der Waals surface area contributed by atoms with Gasteiger partial charge in [-0.3, -0.25) is 0 Å². The Labute approximate surface area is 113 Å². The van der Waals surface area contributed by atoms with Crippen LogP contribution in [-0.2, 0) is 6.54 Å². The summed E-state index contributed by atoms with van der Waals surface area (Å²) < 4.78 is 6.79. The van der Waals surface area contributed by atoms with Crippen LogP contribution < -0.4 is 10.1 Å². The molecule has 0 saturated heterocycles.